The van der Waals surface area contributed by atoms with Crippen molar-refractivity contribution in [3.63, 3.8) is 0 Å². The molecule has 0 N–H and O–H groups in total. The first-order chi connectivity index (χ1) is 5.29. The Balaban J connectivity index is 2.45. The zero-order chi connectivity index (χ0) is 7.84. The van der Waals surface area contributed by atoms with Crippen molar-refractivity contribution in [2.45, 2.75) is 18.8 Å². The fraction of sp³-hybridized carbons (Fsp3) is 0.333. The first-order valence-corrected chi connectivity index (χ1v) is 4.52. The fourth-order valence-corrected chi connectivity index (χ4v) is 1.82. The summed E-state index contributed by atoms with van der Waals surface area (Å²) >= 11 is 3.25. The van der Waals surface area contributed by atoms with Crippen molar-refractivity contribution in [1.29, 1.82) is 0 Å². The molecule has 1 aromatic carbocycles. The van der Waals surface area contributed by atoms with Crippen LogP contribution in [0.4, 0.5) is 4.39 Å². The van der Waals surface area contributed by atoms with Crippen molar-refractivity contribution in [2.75, 3.05) is 0 Å². The zero-order valence-electron chi connectivity index (χ0n) is 5.98. The molecule has 2 heteroatoms. The molecule has 0 aromatic heterocycles. The van der Waals surface area contributed by atoms with Gasteiger partial charge in [-0.05, 0) is 46.3 Å². The van der Waals surface area contributed by atoms with Crippen molar-refractivity contribution in [1.82, 2.24) is 0 Å². The van der Waals surface area contributed by atoms with E-state index in [0.29, 0.717) is 10.4 Å². The van der Waals surface area contributed by atoms with Crippen LogP contribution < -0.4 is 0 Å². The van der Waals surface area contributed by atoms with Crippen LogP contribution in [-0.4, -0.2) is 0 Å². The quantitative estimate of drug-likeness (QED) is 0.672. The van der Waals surface area contributed by atoms with Crippen molar-refractivity contribution in [2.24, 2.45) is 0 Å². The van der Waals surface area contributed by atoms with Gasteiger partial charge in [0, 0.05) is 0 Å². The van der Waals surface area contributed by atoms with Crippen LogP contribution in [0.1, 0.15) is 24.3 Å². The van der Waals surface area contributed by atoms with E-state index < -0.39 is 0 Å². The molecular weight excluding hydrogens is 207 g/mol. The maximum Gasteiger partial charge on any atom is 0.137 e. The predicted octanol–water partition coefficient (Wildman–Crippen LogP) is 3.47. The summed E-state index contributed by atoms with van der Waals surface area (Å²) < 4.78 is 13.6. The summed E-state index contributed by atoms with van der Waals surface area (Å²) in [5.41, 5.74) is 1.13. The number of rotatable bonds is 1. The maximum atomic E-state index is 12.9. The van der Waals surface area contributed by atoms with Gasteiger partial charge in [-0.25, -0.2) is 4.39 Å². The highest BCUT2D eigenvalue weighted by Crippen LogP contribution is 2.43. The Labute approximate surface area is 73.6 Å². The molecule has 1 saturated carbocycles. The van der Waals surface area contributed by atoms with E-state index in [0.717, 1.165) is 5.56 Å². The van der Waals surface area contributed by atoms with E-state index in [1.165, 1.54) is 18.9 Å². The van der Waals surface area contributed by atoms with Gasteiger partial charge < -0.3 is 0 Å². The molecule has 0 atom stereocenters. The Morgan fingerprint density at radius 1 is 1.36 bits per heavy atom. The van der Waals surface area contributed by atoms with Crippen LogP contribution >= 0.6 is 15.9 Å². The number of benzene rings is 1. The van der Waals surface area contributed by atoms with Crippen LogP contribution in [0.2, 0.25) is 0 Å². The third-order valence-electron chi connectivity index (χ3n) is 2.00. The monoisotopic (exact) mass is 214 g/mol. The smallest absolute Gasteiger partial charge is 0.137 e. The van der Waals surface area contributed by atoms with Gasteiger partial charge in [-0.1, -0.05) is 12.1 Å². The highest BCUT2D eigenvalue weighted by Gasteiger charge is 2.26. The van der Waals surface area contributed by atoms with Gasteiger partial charge in [-0.15, -0.1) is 0 Å². The number of halogens is 2. The van der Waals surface area contributed by atoms with Crippen molar-refractivity contribution in [3.05, 3.63) is 34.1 Å². The highest BCUT2D eigenvalue weighted by atomic mass is 79.9. The standard InChI is InChI=1S/C9H8BrF/c10-9-7(6-4-5-6)2-1-3-8(9)11/h1-3,6H,4-5H2. The molecule has 1 aliphatic carbocycles. The molecule has 1 fully saturated rings. The Kier molecular flexibility index (Phi) is 1.72. The molecule has 0 amide bonds. The summed E-state index contributed by atoms with van der Waals surface area (Å²) in [7, 11) is 0. The van der Waals surface area contributed by atoms with Crippen molar-refractivity contribution in [3.8, 4) is 0 Å². The largest absolute Gasteiger partial charge is 0.206 e. The summed E-state index contributed by atoms with van der Waals surface area (Å²) in [5, 5.41) is 0. The third kappa shape index (κ3) is 1.32. The lowest BCUT2D eigenvalue weighted by Crippen LogP contribution is -1.84. The zero-order valence-corrected chi connectivity index (χ0v) is 7.57. The van der Waals surface area contributed by atoms with Gasteiger partial charge in [0.1, 0.15) is 5.82 Å². The van der Waals surface area contributed by atoms with Crippen LogP contribution in [0.15, 0.2) is 22.7 Å². The molecule has 11 heavy (non-hydrogen) atoms. The van der Waals surface area contributed by atoms with E-state index in [9.17, 15) is 4.39 Å². The van der Waals surface area contributed by atoms with Crippen molar-refractivity contribution < 1.29 is 4.39 Å². The molecule has 0 aliphatic heterocycles. The van der Waals surface area contributed by atoms with E-state index in [1.54, 1.807) is 6.07 Å². The minimum Gasteiger partial charge on any atom is -0.206 e. The second-order valence-corrected chi connectivity index (χ2v) is 3.71. The van der Waals surface area contributed by atoms with Crippen LogP contribution in [0.25, 0.3) is 0 Å². The molecule has 58 valence electrons. The molecule has 2 rings (SSSR count). The minimum absolute atomic E-state index is 0.144. The number of hydrogen-bond acceptors (Lipinski definition) is 0. The Hall–Kier alpha value is -0.370. The highest BCUT2D eigenvalue weighted by molar-refractivity contribution is 9.10. The molecule has 1 aromatic rings. The van der Waals surface area contributed by atoms with Gasteiger partial charge in [0.2, 0.25) is 0 Å². The molecule has 0 unspecified atom stereocenters. The molecule has 0 bridgehead atoms. The lowest BCUT2D eigenvalue weighted by atomic mass is 10.1. The number of hydrogen-bond donors (Lipinski definition) is 0. The van der Waals surface area contributed by atoms with Gasteiger partial charge in [0.05, 0.1) is 4.47 Å². The average molecular weight is 215 g/mol. The second kappa shape index (κ2) is 2.59. The molecule has 0 saturated heterocycles. The minimum atomic E-state index is -0.144. The summed E-state index contributed by atoms with van der Waals surface area (Å²) in [6.07, 6.45) is 2.42. The lowest BCUT2D eigenvalue weighted by Gasteiger charge is -2.01. The van der Waals surface area contributed by atoms with E-state index in [-0.39, 0.29) is 5.82 Å². The predicted molar refractivity (Wildman–Crippen MR) is 46.1 cm³/mol. The summed E-state index contributed by atoms with van der Waals surface area (Å²) in [5.74, 6) is 0.467. The Bertz CT molecular complexity index is 279. The second-order valence-electron chi connectivity index (χ2n) is 2.92. The van der Waals surface area contributed by atoms with Gasteiger partial charge in [0.25, 0.3) is 0 Å². The van der Waals surface area contributed by atoms with E-state index >= 15 is 0 Å². The normalized spacial score (nSPS) is 16.9. The summed E-state index contributed by atoms with van der Waals surface area (Å²) in [4.78, 5) is 0. The molecule has 0 radical (unpaired) electrons. The third-order valence-corrected chi connectivity index (χ3v) is 2.84. The SMILES string of the molecule is Fc1cccc(C2CC2)c1Br. The fourth-order valence-electron chi connectivity index (χ4n) is 1.23. The van der Waals surface area contributed by atoms with Crippen LogP contribution in [-0.2, 0) is 0 Å². The van der Waals surface area contributed by atoms with Gasteiger partial charge in [0.15, 0.2) is 0 Å². The molecule has 1 aliphatic rings. The van der Waals surface area contributed by atoms with E-state index in [4.69, 9.17) is 0 Å². The van der Waals surface area contributed by atoms with Crippen LogP contribution in [0.3, 0.4) is 0 Å². The first kappa shape index (κ1) is 7.29. The van der Waals surface area contributed by atoms with Crippen molar-refractivity contribution >= 4 is 15.9 Å². The van der Waals surface area contributed by atoms with Gasteiger partial charge in [-0.3, -0.25) is 0 Å². The molecular formula is C9H8BrF. The van der Waals surface area contributed by atoms with Gasteiger partial charge >= 0.3 is 0 Å². The average Bonchev–Trinajstić information content (AvgIpc) is 2.77. The molecule has 0 spiro atoms. The summed E-state index contributed by atoms with van der Waals surface area (Å²) in [6, 6.07) is 5.24. The summed E-state index contributed by atoms with van der Waals surface area (Å²) in [6.45, 7) is 0. The maximum absolute atomic E-state index is 12.9. The molecule has 0 heterocycles. The Morgan fingerprint density at radius 2 is 2.09 bits per heavy atom. The van der Waals surface area contributed by atoms with Gasteiger partial charge in [-0.2, -0.15) is 0 Å². The van der Waals surface area contributed by atoms with Crippen LogP contribution in [0.5, 0.6) is 0 Å². The first-order valence-electron chi connectivity index (χ1n) is 3.73. The van der Waals surface area contributed by atoms with E-state index in [1.807, 2.05) is 6.07 Å². The molecule has 0 nitrogen and oxygen atoms in total. The topological polar surface area (TPSA) is 0 Å². The Morgan fingerprint density at radius 3 is 2.73 bits per heavy atom. The van der Waals surface area contributed by atoms with E-state index in [2.05, 4.69) is 15.9 Å². The van der Waals surface area contributed by atoms with Crippen LogP contribution in [0, 0.1) is 5.82 Å². The lowest BCUT2D eigenvalue weighted by molar-refractivity contribution is 0.618.